The Morgan fingerprint density at radius 3 is 2.46 bits per heavy atom. The zero-order valence-electron chi connectivity index (χ0n) is 16.0. The van der Waals surface area contributed by atoms with E-state index in [0.29, 0.717) is 12.0 Å². The summed E-state index contributed by atoms with van der Waals surface area (Å²) in [6.07, 6.45) is -4.41. The molecule has 11 heteroatoms. The van der Waals surface area contributed by atoms with Gasteiger partial charge in [-0.25, -0.2) is 9.79 Å². The molecule has 7 nitrogen and oxygen atoms in total. The number of esters is 1. The number of halogens is 4. The van der Waals surface area contributed by atoms with Crippen LogP contribution < -0.4 is 0 Å². The lowest BCUT2D eigenvalue weighted by Gasteiger charge is -2.35. The van der Waals surface area contributed by atoms with Crippen molar-refractivity contribution in [3.8, 4) is 0 Å². The molecule has 0 aromatic carbocycles. The lowest BCUT2D eigenvalue weighted by atomic mass is 10.1. The van der Waals surface area contributed by atoms with Crippen molar-refractivity contribution in [1.82, 2.24) is 4.90 Å². The summed E-state index contributed by atoms with van der Waals surface area (Å²) in [6, 6.07) is -2.57. The van der Waals surface area contributed by atoms with Crippen LogP contribution in [0.15, 0.2) is 27.5 Å². The van der Waals surface area contributed by atoms with E-state index in [2.05, 4.69) is 4.99 Å². The first-order valence-electron chi connectivity index (χ1n) is 8.75. The van der Waals surface area contributed by atoms with Crippen molar-refractivity contribution in [3.05, 3.63) is 32.6 Å². The molecule has 0 saturated carbocycles. The Labute approximate surface area is 166 Å². The summed E-state index contributed by atoms with van der Waals surface area (Å²) < 4.78 is 44.3. The van der Waals surface area contributed by atoms with Crippen LogP contribution in [0, 0.1) is 10.1 Å². The minimum absolute atomic E-state index is 0.0362. The van der Waals surface area contributed by atoms with E-state index >= 15 is 0 Å². The smallest absolute Gasteiger partial charge is 0.391 e. The van der Waals surface area contributed by atoms with Crippen LogP contribution in [0.3, 0.4) is 0 Å². The average molecular weight is 426 g/mol. The first-order chi connectivity index (χ1) is 12.9. The summed E-state index contributed by atoms with van der Waals surface area (Å²) in [6.45, 7) is 6.12. The van der Waals surface area contributed by atoms with Gasteiger partial charge in [-0.15, -0.1) is 0 Å². The SMILES string of the molecule is CCOC(=O)C(CC(F)(F)F)N(C1=NC(Cl)=C(CC)CC=C1[N+](=O)[O-])C(C)C. The number of amidine groups is 1. The summed E-state index contributed by atoms with van der Waals surface area (Å²) >= 11 is 6.15. The minimum Gasteiger partial charge on any atom is -0.464 e. The van der Waals surface area contributed by atoms with Crippen LogP contribution >= 0.6 is 11.6 Å². The zero-order valence-corrected chi connectivity index (χ0v) is 16.8. The number of rotatable bonds is 7. The van der Waals surface area contributed by atoms with Gasteiger partial charge in [-0.1, -0.05) is 18.5 Å². The molecule has 0 N–H and O–H groups in total. The van der Waals surface area contributed by atoms with Gasteiger partial charge in [0.2, 0.25) is 5.84 Å². The number of nitro groups is 1. The number of carbonyl (C=O) groups is 1. The van der Waals surface area contributed by atoms with E-state index in [4.69, 9.17) is 16.3 Å². The van der Waals surface area contributed by atoms with E-state index < -0.39 is 47.1 Å². The quantitative estimate of drug-likeness (QED) is 0.261. The maximum atomic E-state index is 13.2. The first kappa shape index (κ1) is 23.9. The topological polar surface area (TPSA) is 85.0 Å². The molecule has 0 aromatic rings. The van der Waals surface area contributed by atoms with Gasteiger partial charge in [-0.3, -0.25) is 10.1 Å². The standard InChI is InChI=1S/C17H23ClF3N3O4/c1-5-11-7-8-12(24(26)27)15(22-14(11)18)23(10(3)4)13(9-17(19,20)21)16(25)28-6-2/h8,10,13H,5-7,9H2,1-4H3. The largest absolute Gasteiger partial charge is 0.464 e. The number of aliphatic imine (C=N–C) groups is 1. The fourth-order valence-corrected chi connectivity index (χ4v) is 3.06. The Hall–Kier alpha value is -2.10. The van der Waals surface area contributed by atoms with Crippen molar-refractivity contribution in [2.75, 3.05) is 6.61 Å². The molecule has 1 heterocycles. The number of hydrogen-bond acceptors (Lipinski definition) is 6. The van der Waals surface area contributed by atoms with Crippen LogP contribution in [0.5, 0.6) is 0 Å². The molecule has 1 unspecified atom stereocenters. The van der Waals surface area contributed by atoms with E-state index in [1.807, 2.05) is 0 Å². The second kappa shape index (κ2) is 9.90. The van der Waals surface area contributed by atoms with Gasteiger partial charge in [0.1, 0.15) is 11.2 Å². The van der Waals surface area contributed by atoms with E-state index in [1.165, 1.54) is 26.8 Å². The second-order valence-corrected chi connectivity index (χ2v) is 6.68. The summed E-state index contributed by atoms with van der Waals surface area (Å²) in [4.78, 5) is 28.2. The number of allylic oxidation sites excluding steroid dienone is 2. The minimum atomic E-state index is -4.71. The number of nitrogens with zero attached hydrogens (tertiary/aromatic N) is 3. The van der Waals surface area contributed by atoms with Gasteiger partial charge in [-0.2, -0.15) is 13.2 Å². The molecule has 0 radical (unpaired) electrons. The summed E-state index contributed by atoms with van der Waals surface area (Å²) in [5.74, 6) is -1.53. The molecule has 1 aliphatic rings. The summed E-state index contributed by atoms with van der Waals surface area (Å²) in [7, 11) is 0. The molecule has 0 bridgehead atoms. The number of ether oxygens (including phenoxy) is 1. The first-order valence-corrected chi connectivity index (χ1v) is 9.13. The van der Waals surface area contributed by atoms with E-state index in [-0.39, 0.29) is 18.2 Å². The molecule has 0 aromatic heterocycles. The molecule has 158 valence electrons. The predicted octanol–water partition coefficient (Wildman–Crippen LogP) is 4.40. The molecule has 0 saturated heterocycles. The number of carbonyl (C=O) groups excluding carboxylic acids is 1. The molecule has 28 heavy (non-hydrogen) atoms. The zero-order chi connectivity index (χ0) is 21.6. The van der Waals surface area contributed by atoms with Gasteiger partial charge < -0.3 is 9.64 Å². The maximum absolute atomic E-state index is 13.2. The fourth-order valence-electron chi connectivity index (χ4n) is 2.77. The molecule has 0 spiro atoms. The van der Waals surface area contributed by atoms with E-state index in [1.54, 1.807) is 6.92 Å². The third kappa shape index (κ3) is 6.22. The Balaban J connectivity index is 3.61. The van der Waals surface area contributed by atoms with Crippen molar-refractivity contribution in [1.29, 1.82) is 0 Å². The van der Waals surface area contributed by atoms with Crippen molar-refractivity contribution in [3.63, 3.8) is 0 Å². The van der Waals surface area contributed by atoms with E-state index in [0.717, 1.165) is 4.90 Å². The van der Waals surface area contributed by atoms with Crippen LogP contribution in [0.4, 0.5) is 13.2 Å². The van der Waals surface area contributed by atoms with Crippen LogP contribution in [-0.2, 0) is 9.53 Å². The van der Waals surface area contributed by atoms with Crippen molar-refractivity contribution >= 4 is 23.4 Å². The predicted molar refractivity (Wildman–Crippen MR) is 98.4 cm³/mol. The Bertz CT molecular complexity index is 702. The summed E-state index contributed by atoms with van der Waals surface area (Å²) in [5.41, 5.74) is 0.0926. The molecule has 1 atom stereocenters. The van der Waals surface area contributed by atoms with Gasteiger partial charge in [0.05, 0.1) is 18.0 Å². The highest BCUT2D eigenvalue weighted by molar-refractivity contribution is 6.30. The average Bonchev–Trinajstić information content (AvgIpc) is 2.71. The van der Waals surface area contributed by atoms with Crippen LogP contribution in [0.1, 0.15) is 47.0 Å². The molecule has 0 amide bonds. The highest BCUT2D eigenvalue weighted by atomic mass is 35.5. The second-order valence-electron chi connectivity index (χ2n) is 6.32. The highest BCUT2D eigenvalue weighted by Gasteiger charge is 2.44. The fraction of sp³-hybridized carbons (Fsp3) is 0.647. The molecule has 0 aliphatic carbocycles. The third-order valence-corrected chi connectivity index (χ3v) is 4.36. The number of hydrogen-bond donors (Lipinski definition) is 0. The lowest BCUT2D eigenvalue weighted by Crippen LogP contribution is -2.52. The Kier molecular flexibility index (Phi) is 8.47. The number of alkyl halides is 3. The van der Waals surface area contributed by atoms with Gasteiger partial charge in [0, 0.05) is 12.1 Å². The molecule has 1 rings (SSSR count). The monoisotopic (exact) mass is 425 g/mol. The van der Waals surface area contributed by atoms with Gasteiger partial charge >= 0.3 is 17.8 Å². The van der Waals surface area contributed by atoms with Gasteiger partial charge in [-0.05, 0) is 39.2 Å². The summed E-state index contributed by atoms with van der Waals surface area (Å²) in [5, 5.41) is 11.5. The molecular formula is C17H23ClF3N3O4. The lowest BCUT2D eigenvalue weighted by molar-refractivity contribution is -0.416. The Morgan fingerprint density at radius 2 is 2.04 bits per heavy atom. The van der Waals surface area contributed by atoms with Crippen molar-refractivity contribution in [2.24, 2.45) is 4.99 Å². The maximum Gasteiger partial charge on any atom is 0.391 e. The Morgan fingerprint density at radius 1 is 1.43 bits per heavy atom. The van der Waals surface area contributed by atoms with Gasteiger partial charge in [0.15, 0.2) is 0 Å². The van der Waals surface area contributed by atoms with Crippen LogP contribution in [0.2, 0.25) is 0 Å². The highest BCUT2D eigenvalue weighted by Crippen LogP contribution is 2.30. The normalized spacial score (nSPS) is 16.3. The van der Waals surface area contributed by atoms with Crippen molar-refractivity contribution in [2.45, 2.75) is 65.2 Å². The van der Waals surface area contributed by atoms with Crippen molar-refractivity contribution < 1.29 is 27.6 Å². The molecular weight excluding hydrogens is 403 g/mol. The third-order valence-electron chi connectivity index (χ3n) is 4.01. The van der Waals surface area contributed by atoms with Crippen LogP contribution in [0.25, 0.3) is 0 Å². The molecule has 1 aliphatic heterocycles. The van der Waals surface area contributed by atoms with Gasteiger partial charge in [0.25, 0.3) is 0 Å². The molecule has 0 fully saturated rings. The van der Waals surface area contributed by atoms with Crippen LogP contribution in [-0.4, -0.2) is 46.5 Å². The van der Waals surface area contributed by atoms with E-state index in [9.17, 15) is 28.1 Å².